The van der Waals surface area contributed by atoms with E-state index in [-0.39, 0.29) is 25.5 Å². The molecule has 148 valence electrons. The van der Waals surface area contributed by atoms with Crippen molar-refractivity contribution in [3.05, 3.63) is 54.1 Å². The second-order valence-corrected chi connectivity index (χ2v) is 6.36. The van der Waals surface area contributed by atoms with E-state index in [4.69, 9.17) is 14.7 Å². The zero-order chi connectivity index (χ0) is 20.8. The molecule has 1 aliphatic rings. The summed E-state index contributed by atoms with van der Waals surface area (Å²) in [5.41, 5.74) is 1.57. The van der Waals surface area contributed by atoms with Crippen LogP contribution >= 0.6 is 0 Å². The Bertz CT molecular complexity index is 965. The van der Waals surface area contributed by atoms with E-state index < -0.39 is 18.0 Å². The van der Waals surface area contributed by atoms with Gasteiger partial charge in [0.05, 0.1) is 23.7 Å². The summed E-state index contributed by atoms with van der Waals surface area (Å²) < 4.78 is 10.5. The fourth-order valence-electron chi connectivity index (χ4n) is 2.78. The zero-order valence-corrected chi connectivity index (χ0v) is 15.8. The van der Waals surface area contributed by atoms with Crippen LogP contribution in [0.3, 0.4) is 0 Å². The molecule has 2 amide bonds. The maximum Gasteiger partial charge on any atom is 0.308 e. The van der Waals surface area contributed by atoms with Crippen molar-refractivity contribution in [2.45, 2.75) is 19.4 Å². The molecule has 8 nitrogen and oxygen atoms in total. The lowest BCUT2D eigenvalue weighted by Crippen LogP contribution is -2.40. The Hall–Kier alpha value is -3.86. The third-order valence-corrected chi connectivity index (χ3v) is 4.31. The van der Waals surface area contributed by atoms with E-state index >= 15 is 0 Å². The average molecular weight is 393 g/mol. The summed E-state index contributed by atoms with van der Waals surface area (Å²) in [7, 11) is 0. The van der Waals surface area contributed by atoms with Gasteiger partial charge in [0.2, 0.25) is 0 Å². The minimum atomic E-state index is -1.01. The molecule has 0 radical (unpaired) electrons. The number of rotatable bonds is 6. The van der Waals surface area contributed by atoms with Crippen LogP contribution in [0.15, 0.2) is 48.5 Å². The minimum absolute atomic E-state index is 0.0610. The first kappa shape index (κ1) is 19.9. The number of esters is 1. The number of para-hydroxylation sites is 2. The molecular weight excluding hydrogens is 374 g/mol. The van der Waals surface area contributed by atoms with Crippen LogP contribution in [0.2, 0.25) is 0 Å². The molecule has 1 atom stereocenters. The van der Waals surface area contributed by atoms with Crippen LogP contribution in [-0.4, -0.2) is 37.0 Å². The highest BCUT2D eigenvalue weighted by Crippen LogP contribution is 2.31. The van der Waals surface area contributed by atoms with Crippen molar-refractivity contribution in [3.63, 3.8) is 0 Å². The molecule has 0 fully saturated rings. The van der Waals surface area contributed by atoms with Crippen molar-refractivity contribution < 1.29 is 23.9 Å². The van der Waals surface area contributed by atoms with Gasteiger partial charge in [-0.2, -0.15) is 5.26 Å². The highest BCUT2D eigenvalue weighted by Gasteiger charge is 2.26. The first-order valence-electron chi connectivity index (χ1n) is 9.00. The smallest absolute Gasteiger partial charge is 0.308 e. The fourth-order valence-corrected chi connectivity index (χ4v) is 2.78. The van der Waals surface area contributed by atoms with Crippen molar-refractivity contribution >= 4 is 29.2 Å². The van der Waals surface area contributed by atoms with Gasteiger partial charge in [0, 0.05) is 12.2 Å². The number of fused-ring (bicyclic) bond motifs is 1. The van der Waals surface area contributed by atoms with E-state index in [0.717, 1.165) is 0 Å². The number of hydrogen-bond donors (Lipinski definition) is 1. The molecule has 2 aromatic rings. The Morgan fingerprint density at radius 2 is 1.97 bits per heavy atom. The molecule has 29 heavy (non-hydrogen) atoms. The predicted octanol–water partition coefficient (Wildman–Crippen LogP) is 2.24. The van der Waals surface area contributed by atoms with Gasteiger partial charge in [-0.15, -0.1) is 0 Å². The monoisotopic (exact) mass is 393 g/mol. The Balaban J connectivity index is 1.51. The second kappa shape index (κ2) is 8.89. The largest absolute Gasteiger partial charge is 0.482 e. The van der Waals surface area contributed by atoms with Crippen molar-refractivity contribution in [1.29, 1.82) is 5.26 Å². The van der Waals surface area contributed by atoms with Gasteiger partial charge in [0.15, 0.2) is 12.7 Å². The number of nitrogens with zero attached hydrogens (tertiary/aromatic N) is 2. The third-order valence-electron chi connectivity index (χ3n) is 4.31. The van der Waals surface area contributed by atoms with Crippen molar-refractivity contribution in [2.75, 3.05) is 23.4 Å². The Labute approximate surface area is 167 Å². The number of ether oxygens (including phenoxy) is 2. The van der Waals surface area contributed by atoms with E-state index in [1.165, 1.54) is 11.8 Å². The normalized spacial score (nSPS) is 13.5. The van der Waals surface area contributed by atoms with Gasteiger partial charge in [-0.25, -0.2) is 0 Å². The first-order valence-corrected chi connectivity index (χ1v) is 9.00. The predicted molar refractivity (Wildman–Crippen MR) is 104 cm³/mol. The number of carbonyl (C=O) groups excluding carboxylic acids is 3. The van der Waals surface area contributed by atoms with Crippen LogP contribution in [0.1, 0.15) is 18.9 Å². The molecular formula is C21H19N3O5. The van der Waals surface area contributed by atoms with Crippen molar-refractivity contribution in [3.8, 4) is 11.8 Å². The third kappa shape index (κ3) is 4.90. The summed E-state index contributed by atoms with van der Waals surface area (Å²) in [6.45, 7) is 1.50. The lowest BCUT2D eigenvalue weighted by atomic mass is 10.2. The van der Waals surface area contributed by atoms with Gasteiger partial charge < -0.3 is 19.7 Å². The van der Waals surface area contributed by atoms with E-state index in [2.05, 4.69) is 5.32 Å². The summed E-state index contributed by atoms with van der Waals surface area (Å²) in [5.74, 6) is -0.751. The second-order valence-electron chi connectivity index (χ2n) is 6.36. The number of amides is 2. The molecule has 1 heterocycles. The summed E-state index contributed by atoms with van der Waals surface area (Å²) >= 11 is 0. The molecule has 0 bridgehead atoms. The molecule has 3 rings (SSSR count). The van der Waals surface area contributed by atoms with Gasteiger partial charge in [-0.3, -0.25) is 14.4 Å². The van der Waals surface area contributed by atoms with E-state index in [1.54, 1.807) is 48.5 Å². The van der Waals surface area contributed by atoms with Crippen LogP contribution in [0.5, 0.6) is 5.75 Å². The highest BCUT2D eigenvalue weighted by atomic mass is 16.5. The van der Waals surface area contributed by atoms with Crippen molar-refractivity contribution in [2.24, 2.45) is 0 Å². The van der Waals surface area contributed by atoms with Crippen LogP contribution in [0.4, 0.5) is 11.4 Å². The molecule has 2 aromatic carbocycles. The summed E-state index contributed by atoms with van der Waals surface area (Å²) in [4.78, 5) is 37.9. The number of nitrogens with one attached hydrogen (secondary N) is 1. The lowest BCUT2D eigenvalue weighted by molar-refractivity contribution is -0.153. The van der Waals surface area contributed by atoms with E-state index in [1.807, 2.05) is 6.07 Å². The van der Waals surface area contributed by atoms with Crippen LogP contribution in [0, 0.1) is 11.3 Å². The molecule has 8 heteroatoms. The number of carbonyl (C=O) groups is 3. The van der Waals surface area contributed by atoms with Gasteiger partial charge in [-0.1, -0.05) is 12.1 Å². The van der Waals surface area contributed by atoms with Gasteiger partial charge in [0.1, 0.15) is 5.75 Å². The fraction of sp³-hybridized carbons (Fsp3) is 0.238. The van der Waals surface area contributed by atoms with Crippen LogP contribution < -0.4 is 15.0 Å². The maximum absolute atomic E-state index is 12.2. The quantitative estimate of drug-likeness (QED) is 0.754. The average Bonchev–Trinajstić information content (AvgIpc) is 2.73. The Morgan fingerprint density at radius 3 is 2.69 bits per heavy atom. The lowest BCUT2D eigenvalue weighted by Gasteiger charge is -2.29. The van der Waals surface area contributed by atoms with Crippen LogP contribution in [-0.2, 0) is 19.1 Å². The summed E-state index contributed by atoms with van der Waals surface area (Å²) in [6, 6.07) is 15.4. The number of nitriles is 1. The Kier molecular flexibility index (Phi) is 6.09. The van der Waals surface area contributed by atoms with Crippen LogP contribution in [0.25, 0.3) is 0 Å². The summed E-state index contributed by atoms with van der Waals surface area (Å²) in [5, 5.41) is 11.4. The molecule has 0 unspecified atom stereocenters. The minimum Gasteiger partial charge on any atom is -0.482 e. The van der Waals surface area contributed by atoms with Crippen molar-refractivity contribution in [1.82, 2.24) is 0 Å². The van der Waals surface area contributed by atoms with Gasteiger partial charge >= 0.3 is 5.97 Å². The SMILES string of the molecule is C[C@@H](OC(=O)CCN1C(=O)COc2ccccc21)C(=O)Nc1ccc(C#N)cc1. The van der Waals surface area contributed by atoms with Gasteiger partial charge in [0.25, 0.3) is 11.8 Å². The Morgan fingerprint density at radius 1 is 1.24 bits per heavy atom. The van der Waals surface area contributed by atoms with E-state index in [0.29, 0.717) is 22.7 Å². The number of benzene rings is 2. The molecule has 0 saturated heterocycles. The summed E-state index contributed by atoms with van der Waals surface area (Å²) in [6.07, 6.45) is -1.07. The molecule has 1 N–H and O–H groups in total. The number of anilines is 2. The topological polar surface area (TPSA) is 109 Å². The molecule has 0 aromatic heterocycles. The maximum atomic E-state index is 12.2. The molecule has 0 spiro atoms. The molecule has 0 aliphatic carbocycles. The molecule has 0 saturated carbocycles. The highest BCUT2D eigenvalue weighted by molar-refractivity contribution is 5.98. The standard InChI is InChI=1S/C21H19N3O5/c1-14(21(27)23-16-8-6-15(12-22)7-9-16)29-20(26)10-11-24-17-4-2-3-5-18(17)28-13-19(24)25/h2-9,14H,10-11,13H2,1H3,(H,23,27)/t14-/m1/s1. The zero-order valence-electron chi connectivity index (χ0n) is 15.8. The van der Waals surface area contributed by atoms with Gasteiger partial charge in [-0.05, 0) is 43.3 Å². The molecule has 1 aliphatic heterocycles. The van der Waals surface area contributed by atoms with E-state index in [9.17, 15) is 14.4 Å². The first-order chi connectivity index (χ1) is 14.0. The number of hydrogen-bond acceptors (Lipinski definition) is 6.